The Kier molecular flexibility index (Phi) is 1.79. The molecule has 48 valence electrons. The molecule has 0 saturated carbocycles. The Labute approximate surface area is 56.1 Å². The molecule has 0 bridgehead atoms. The van der Waals surface area contributed by atoms with Crippen molar-refractivity contribution in [1.82, 2.24) is 4.72 Å². The van der Waals surface area contributed by atoms with Crippen LogP contribution in [-0.2, 0) is 11.1 Å². The lowest BCUT2D eigenvalue weighted by Crippen LogP contribution is -2.30. The van der Waals surface area contributed by atoms with Crippen molar-refractivity contribution in [1.29, 1.82) is 0 Å². The first kappa shape index (κ1) is 6.22. The zero-order valence-corrected chi connectivity index (χ0v) is 5.52. The monoisotopic (exact) mass is 143 g/mol. The van der Waals surface area contributed by atoms with Gasteiger partial charge in [-0.15, -0.1) is 0 Å². The van der Waals surface area contributed by atoms with Crippen LogP contribution in [0.1, 0.15) is 0 Å². The van der Waals surface area contributed by atoms with Crippen LogP contribution in [0.15, 0.2) is 23.8 Å². The number of hydrogen-bond donors (Lipinski definition) is 2. The maximum Gasteiger partial charge on any atom is 0.458 e. The molecule has 0 aromatic carbocycles. The number of carbonyl (C=O) groups is 1. The third-order valence-corrected chi connectivity index (χ3v) is 2.09. The third kappa shape index (κ3) is 1.50. The van der Waals surface area contributed by atoms with Crippen molar-refractivity contribution in [2.45, 2.75) is 0 Å². The van der Waals surface area contributed by atoms with Gasteiger partial charge in [-0.2, -0.15) is 0 Å². The molecule has 0 saturated heterocycles. The second kappa shape index (κ2) is 2.59. The minimum Gasteiger partial charge on any atom is -0.322 e. The maximum atomic E-state index is 10.4. The number of nitrogens with one attached hydrogen (secondary N) is 1. The van der Waals surface area contributed by atoms with Gasteiger partial charge < -0.3 is 5.73 Å². The normalized spacial score (nSPS) is 23.3. The van der Waals surface area contributed by atoms with Crippen molar-refractivity contribution in [3.8, 4) is 0 Å². The van der Waals surface area contributed by atoms with E-state index in [0.29, 0.717) is 0 Å². The molecular weight excluding hydrogens is 136 g/mol. The largest absolute Gasteiger partial charge is 0.458 e. The average Bonchev–Trinajstić information content (AvgIpc) is 1.90. The molecule has 1 heterocycles. The highest BCUT2D eigenvalue weighted by molar-refractivity contribution is 8.11. The third-order valence-electron chi connectivity index (χ3n) is 0.834. The topological polar surface area (TPSA) is 55.1 Å². The van der Waals surface area contributed by atoms with Gasteiger partial charge in [-0.1, -0.05) is 0 Å². The van der Waals surface area contributed by atoms with Gasteiger partial charge in [0.15, 0.2) is 5.41 Å². The first-order valence-corrected chi connectivity index (χ1v) is 3.71. The molecule has 1 atom stereocenters. The molecule has 1 amide bonds. The van der Waals surface area contributed by atoms with Crippen LogP contribution in [-0.4, -0.2) is 5.24 Å². The van der Waals surface area contributed by atoms with Crippen LogP contribution in [0.25, 0.3) is 0 Å². The number of primary amides is 1. The summed E-state index contributed by atoms with van der Waals surface area (Å²) in [5.74, 6) is 0. The van der Waals surface area contributed by atoms with E-state index in [1.54, 1.807) is 17.7 Å². The van der Waals surface area contributed by atoms with Crippen molar-refractivity contribution in [3.63, 3.8) is 0 Å². The van der Waals surface area contributed by atoms with Gasteiger partial charge in [-0.25, -0.2) is 9.52 Å². The number of rotatable bonds is 0. The standard InChI is InChI=1S/C5H6N2OS/c6-5(8)9-4-2-1-3-7-9/h1-4,7H,(H-,6,8)/p+1. The predicted molar refractivity (Wildman–Crippen MR) is 38.4 cm³/mol. The Bertz CT molecular complexity index is 176. The summed E-state index contributed by atoms with van der Waals surface area (Å²) in [4.78, 5) is 10.4. The first-order chi connectivity index (χ1) is 4.30. The van der Waals surface area contributed by atoms with Gasteiger partial charge >= 0.3 is 5.24 Å². The molecule has 9 heavy (non-hydrogen) atoms. The Morgan fingerprint density at radius 3 is 2.67 bits per heavy atom. The van der Waals surface area contributed by atoms with Crippen LogP contribution in [0, 0.1) is 0 Å². The molecular formula is C5H7N2OS+. The predicted octanol–water partition coefficient (Wildman–Crippen LogP) is 0.229. The van der Waals surface area contributed by atoms with Crippen molar-refractivity contribution in [3.05, 3.63) is 23.8 Å². The van der Waals surface area contributed by atoms with Gasteiger partial charge in [-0.3, -0.25) is 0 Å². The molecule has 4 heteroatoms. The summed E-state index contributed by atoms with van der Waals surface area (Å²) < 4.78 is 2.80. The molecule has 0 radical (unpaired) electrons. The molecule has 1 aliphatic rings. The molecule has 0 spiro atoms. The van der Waals surface area contributed by atoms with E-state index in [4.69, 9.17) is 5.73 Å². The molecule has 0 aromatic heterocycles. The van der Waals surface area contributed by atoms with Gasteiger partial charge in [0.25, 0.3) is 0 Å². The van der Waals surface area contributed by atoms with Crippen LogP contribution in [0.2, 0.25) is 0 Å². The summed E-state index contributed by atoms with van der Waals surface area (Å²) in [5, 5.41) is 1.41. The molecule has 0 aliphatic carbocycles. The molecule has 3 nitrogen and oxygen atoms in total. The van der Waals surface area contributed by atoms with E-state index in [2.05, 4.69) is 4.72 Å². The lowest BCUT2D eigenvalue weighted by Gasteiger charge is -1.97. The minimum absolute atomic E-state index is 0.324. The van der Waals surface area contributed by atoms with E-state index < -0.39 is 11.1 Å². The Balaban J connectivity index is 2.56. The molecule has 1 aliphatic heterocycles. The quantitative estimate of drug-likeness (QED) is 0.477. The summed E-state index contributed by atoms with van der Waals surface area (Å²) in [6.45, 7) is 0. The van der Waals surface area contributed by atoms with Crippen LogP contribution in [0.3, 0.4) is 0 Å². The molecule has 1 unspecified atom stereocenters. The number of amides is 1. The van der Waals surface area contributed by atoms with Crippen LogP contribution in [0.5, 0.6) is 0 Å². The average molecular weight is 143 g/mol. The molecule has 1 rings (SSSR count). The highest BCUT2D eigenvalue weighted by atomic mass is 32.2. The van der Waals surface area contributed by atoms with Gasteiger partial charge in [0.2, 0.25) is 11.1 Å². The summed E-state index contributed by atoms with van der Waals surface area (Å²) in [5.41, 5.74) is 4.99. The lowest BCUT2D eigenvalue weighted by atomic mass is 10.6. The first-order valence-electron chi connectivity index (χ1n) is 2.43. The number of nitrogens with two attached hydrogens (primary N) is 1. The Morgan fingerprint density at radius 2 is 2.33 bits per heavy atom. The van der Waals surface area contributed by atoms with Gasteiger partial charge in [-0.05, 0) is 12.2 Å². The molecule has 3 N–H and O–H groups in total. The van der Waals surface area contributed by atoms with Crippen molar-refractivity contribution >= 4 is 16.3 Å². The van der Waals surface area contributed by atoms with Crippen LogP contribution in [0.4, 0.5) is 4.79 Å². The fourth-order valence-corrected chi connectivity index (χ4v) is 1.26. The SMILES string of the molecule is NC(=O)[S+]1C=CC=CN1. The molecule has 0 fully saturated rings. The van der Waals surface area contributed by atoms with E-state index >= 15 is 0 Å². The van der Waals surface area contributed by atoms with Gasteiger partial charge in [0.1, 0.15) is 0 Å². The summed E-state index contributed by atoms with van der Waals surface area (Å²) in [6.07, 6.45) is 5.31. The minimum atomic E-state index is -0.575. The highest BCUT2D eigenvalue weighted by Crippen LogP contribution is 1.98. The summed E-state index contributed by atoms with van der Waals surface area (Å²) >= 11 is -0.575. The van der Waals surface area contributed by atoms with Crippen molar-refractivity contribution < 1.29 is 4.79 Å². The summed E-state index contributed by atoms with van der Waals surface area (Å²) in [7, 11) is 0. The second-order valence-electron chi connectivity index (χ2n) is 1.46. The van der Waals surface area contributed by atoms with E-state index in [1.807, 2.05) is 6.08 Å². The van der Waals surface area contributed by atoms with E-state index in [0.717, 1.165) is 0 Å². The van der Waals surface area contributed by atoms with E-state index in [9.17, 15) is 4.79 Å². The van der Waals surface area contributed by atoms with E-state index in [-0.39, 0.29) is 5.24 Å². The van der Waals surface area contributed by atoms with Crippen molar-refractivity contribution in [2.24, 2.45) is 5.73 Å². The smallest absolute Gasteiger partial charge is 0.322 e. The Morgan fingerprint density at radius 1 is 1.56 bits per heavy atom. The number of hydrogen-bond acceptors (Lipinski definition) is 2. The molecule has 0 aromatic rings. The summed E-state index contributed by atoms with van der Waals surface area (Å²) in [6, 6.07) is 0. The van der Waals surface area contributed by atoms with Crippen LogP contribution >= 0.6 is 0 Å². The fraction of sp³-hybridized carbons (Fsp3) is 0. The number of allylic oxidation sites excluding steroid dienone is 2. The Hall–Kier alpha value is -0.900. The fourth-order valence-electron chi connectivity index (χ4n) is 0.456. The van der Waals surface area contributed by atoms with E-state index in [1.165, 1.54) is 0 Å². The zero-order valence-electron chi connectivity index (χ0n) is 4.70. The second-order valence-corrected chi connectivity index (χ2v) is 3.05. The van der Waals surface area contributed by atoms with Gasteiger partial charge in [0, 0.05) is 6.20 Å². The van der Waals surface area contributed by atoms with Gasteiger partial charge in [0.05, 0.1) is 0 Å². The zero-order chi connectivity index (χ0) is 6.69. The lowest BCUT2D eigenvalue weighted by molar-refractivity contribution is 0.267. The highest BCUT2D eigenvalue weighted by Gasteiger charge is 2.22. The van der Waals surface area contributed by atoms with Crippen molar-refractivity contribution in [2.75, 3.05) is 0 Å². The maximum absolute atomic E-state index is 10.4. The number of carbonyl (C=O) groups excluding carboxylic acids is 1. The van der Waals surface area contributed by atoms with Crippen LogP contribution < -0.4 is 10.5 Å².